The third kappa shape index (κ3) is 2.78. The smallest absolute Gasteiger partial charge is 0.259 e. The molecule has 110 valence electrons. The van der Waals surface area contributed by atoms with E-state index in [1.165, 1.54) is 16.9 Å². The Balaban J connectivity index is 1.80. The van der Waals surface area contributed by atoms with Crippen molar-refractivity contribution in [2.45, 2.75) is 26.2 Å². The van der Waals surface area contributed by atoms with Gasteiger partial charge in [0.15, 0.2) is 0 Å². The van der Waals surface area contributed by atoms with Crippen molar-refractivity contribution in [3.05, 3.63) is 62.5 Å². The highest BCUT2D eigenvalue weighted by molar-refractivity contribution is 7.19. The van der Waals surface area contributed by atoms with Crippen molar-refractivity contribution in [3.8, 4) is 6.07 Å². The molecule has 1 N–H and O–H groups in total. The van der Waals surface area contributed by atoms with Crippen molar-refractivity contribution >= 4 is 21.6 Å². The summed E-state index contributed by atoms with van der Waals surface area (Å²) in [6.45, 7) is 1.80. The quantitative estimate of drug-likeness (QED) is 0.803. The van der Waals surface area contributed by atoms with E-state index in [1.54, 1.807) is 6.92 Å². The predicted molar refractivity (Wildman–Crippen MR) is 88.2 cm³/mol. The molecule has 0 unspecified atom stereocenters. The van der Waals surface area contributed by atoms with E-state index < -0.39 is 0 Å². The molecule has 0 aliphatic rings. The minimum atomic E-state index is -0.144. The van der Waals surface area contributed by atoms with E-state index in [-0.39, 0.29) is 5.56 Å². The molecular formula is C17H15N3OS. The van der Waals surface area contributed by atoms with Gasteiger partial charge in [-0.3, -0.25) is 4.79 Å². The Kier molecular flexibility index (Phi) is 4.03. The number of hydrogen-bond acceptors (Lipinski definition) is 4. The maximum Gasteiger partial charge on any atom is 0.259 e. The monoisotopic (exact) mass is 309 g/mol. The van der Waals surface area contributed by atoms with E-state index in [0.717, 1.165) is 24.8 Å². The van der Waals surface area contributed by atoms with E-state index in [9.17, 15) is 4.79 Å². The minimum Gasteiger partial charge on any atom is -0.310 e. The van der Waals surface area contributed by atoms with Crippen LogP contribution in [0.4, 0.5) is 0 Å². The molecule has 0 saturated heterocycles. The topological polar surface area (TPSA) is 69.5 Å². The SMILES string of the molecule is Cc1c(C#N)sc2nc(CCCc3ccccc3)[nH]c(=O)c12. The maximum absolute atomic E-state index is 12.2. The summed E-state index contributed by atoms with van der Waals surface area (Å²) in [5.74, 6) is 0.694. The van der Waals surface area contributed by atoms with Gasteiger partial charge >= 0.3 is 0 Å². The first kappa shape index (κ1) is 14.5. The van der Waals surface area contributed by atoms with Gasteiger partial charge in [-0.1, -0.05) is 30.3 Å². The summed E-state index contributed by atoms with van der Waals surface area (Å²) in [5, 5.41) is 9.62. The zero-order chi connectivity index (χ0) is 15.5. The van der Waals surface area contributed by atoms with Crippen LogP contribution < -0.4 is 5.56 Å². The van der Waals surface area contributed by atoms with E-state index in [4.69, 9.17) is 5.26 Å². The first-order valence-corrected chi connectivity index (χ1v) is 7.97. The van der Waals surface area contributed by atoms with Gasteiger partial charge in [-0.15, -0.1) is 11.3 Å². The van der Waals surface area contributed by atoms with Gasteiger partial charge in [0.1, 0.15) is 21.6 Å². The first-order valence-electron chi connectivity index (χ1n) is 7.15. The Labute approximate surface area is 132 Å². The lowest BCUT2D eigenvalue weighted by Gasteiger charge is -2.02. The number of aryl methyl sites for hydroxylation is 3. The highest BCUT2D eigenvalue weighted by Crippen LogP contribution is 2.26. The van der Waals surface area contributed by atoms with Crippen LogP contribution in [0, 0.1) is 18.3 Å². The number of nitriles is 1. The molecule has 3 rings (SSSR count). The number of hydrogen-bond donors (Lipinski definition) is 1. The number of fused-ring (bicyclic) bond motifs is 1. The summed E-state index contributed by atoms with van der Waals surface area (Å²) in [7, 11) is 0. The van der Waals surface area contributed by atoms with Crippen molar-refractivity contribution < 1.29 is 0 Å². The Morgan fingerprint density at radius 1 is 1.27 bits per heavy atom. The van der Waals surface area contributed by atoms with Gasteiger partial charge in [0.05, 0.1) is 5.39 Å². The summed E-state index contributed by atoms with van der Waals surface area (Å²) in [6.07, 6.45) is 2.60. The summed E-state index contributed by atoms with van der Waals surface area (Å²) in [4.78, 5) is 20.8. The predicted octanol–water partition coefficient (Wildman–Crippen LogP) is 3.34. The van der Waals surface area contributed by atoms with Crippen LogP contribution in [0.25, 0.3) is 10.2 Å². The van der Waals surface area contributed by atoms with Crippen molar-refractivity contribution in [1.82, 2.24) is 9.97 Å². The molecule has 4 nitrogen and oxygen atoms in total. The second-order valence-electron chi connectivity index (χ2n) is 5.20. The molecule has 0 spiro atoms. The number of rotatable bonds is 4. The fourth-order valence-corrected chi connectivity index (χ4v) is 3.52. The summed E-state index contributed by atoms with van der Waals surface area (Å²) in [5.41, 5.74) is 1.87. The fraction of sp³-hybridized carbons (Fsp3) is 0.235. The molecule has 0 saturated carbocycles. The summed E-state index contributed by atoms with van der Waals surface area (Å²) < 4.78 is 0. The van der Waals surface area contributed by atoms with Crippen LogP contribution in [0.5, 0.6) is 0 Å². The van der Waals surface area contributed by atoms with Crippen molar-refractivity contribution in [2.75, 3.05) is 0 Å². The lowest BCUT2D eigenvalue weighted by atomic mass is 10.1. The molecule has 2 heterocycles. The number of benzene rings is 1. The zero-order valence-corrected chi connectivity index (χ0v) is 13.0. The Morgan fingerprint density at radius 2 is 2.05 bits per heavy atom. The number of thiophene rings is 1. The largest absolute Gasteiger partial charge is 0.310 e. The van der Waals surface area contributed by atoms with Crippen LogP contribution in [0.15, 0.2) is 35.1 Å². The van der Waals surface area contributed by atoms with Crippen LogP contribution in [0.1, 0.15) is 28.2 Å². The molecule has 0 aliphatic heterocycles. The van der Waals surface area contributed by atoms with E-state index in [1.807, 2.05) is 18.2 Å². The molecule has 0 fully saturated rings. The summed E-state index contributed by atoms with van der Waals surface area (Å²) >= 11 is 1.29. The molecule has 0 aliphatic carbocycles. The van der Waals surface area contributed by atoms with Crippen LogP contribution in [0.2, 0.25) is 0 Å². The number of nitrogens with zero attached hydrogens (tertiary/aromatic N) is 2. The van der Waals surface area contributed by atoms with Crippen LogP contribution in [-0.4, -0.2) is 9.97 Å². The molecule has 3 aromatic rings. The van der Waals surface area contributed by atoms with Crippen LogP contribution >= 0.6 is 11.3 Å². The molecule has 0 amide bonds. The lowest BCUT2D eigenvalue weighted by Crippen LogP contribution is -2.11. The van der Waals surface area contributed by atoms with Gasteiger partial charge in [-0.2, -0.15) is 5.26 Å². The van der Waals surface area contributed by atoms with E-state index in [2.05, 4.69) is 28.2 Å². The second kappa shape index (κ2) is 6.12. The number of aromatic amines is 1. The summed E-state index contributed by atoms with van der Waals surface area (Å²) in [6, 6.07) is 12.4. The van der Waals surface area contributed by atoms with Crippen molar-refractivity contribution in [1.29, 1.82) is 5.26 Å². The van der Waals surface area contributed by atoms with Gasteiger partial charge in [0.25, 0.3) is 5.56 Å². The normalized spacial score (nSPS) is 10.7. The van der Waals surface area contributed by atoms with Gasteiger partial charge in [-0.25, -0.2) is 4.98 Å². The minimum absolute atomic E-state index is 0.144. The van der Waals surface area contributed by atoms with Gasteiger partial charge < -0.3 is 4.98 Å². The third-order valence-electron chi connectivity index (χ3n) is 3.67. The third-order valence-corrected chi connectivity index (χ3v) is 4.76. The molecule has 0 bridgehead atoms. The zero-order valence-electron chi connectivity index (χ0n) is 12.2. The Hall–Kier alpha value is -2.45. The molecule has 0 atom stereocenters. The highest BCUT2D eigenvalue weighted by atomic mass is 32.1. The average Bonchev–Trinajstić information content (AvgIpc) is 2.85. The standard InChI is InChI=1S/C17H15N3OS/c1-11-13(10-18)22-17-15(11)16(21)19-14(20-17)9-5-8-12-6-3-2-4-7-12/h2-4,6-7H,5,8-9H2,1H3,(H,19,20,21). The van der Waals surface area contributed by atoms with Crippen LogP contribution in [0.3, 0.4) is 0 Å². The highest BCUT2D eigenvalue weighted by Gasteiger charge is 2.13. The van der Waals surface area contributed by atoms with E-state index in [0.29, 0.717) is 20.9 Å². The fourth-order valence-electron chi connectivity index (χ4n) is 2.52. The first-order chi connectivity index (χ1) is 10.7. The van der Waals surface area contributed by atoms with Gasteiger partial charge in [0.2, 0.25) is 0 Å². The van der Waals surface area contributed by atoms with E-state index >= 15 is 0 Å². The van der Waals surface area contributed by atoms with Crippen molar-refractivity contribution in [3.63, 3.8) is 0 Å². The lowest BCUT2D eigenvalue weighted by molar-refractivity contribution is 0.773. The Morgan fingerprint density at radius 3 is 2.77 bits per heavy atom. The number of H-pyrrole nitrogens is 1. The molecule has 2 aromatic heterocycles. The molecule has 1 aromatic carbocycles. The molecular weight excluding hydrogens is 294 g/mol. The maximum atomic E-state index is 12.2. The van der Waals surface area contributed by atoms with Crippen LogP contribution in [-0.2, 0) is 12.8 Å². The van der Waals surface area contributed by atoms with Crippen molar-refractivity contribution in [2.24, 2.45) is 0 Å². The number of aromatic nitrogens is 2. The molecule has 22 heavy (non-hydrogen) atoms. The Bertz CT molecular complexity index is 903. The van der Waals surface area contributed by atoms with Gasteiger partial charge in [0, 0.05) is 6.42 Å². The second-order valence-corrected chi connectivity index (χ2v) is 6.20. The molecule has 0 radical (unpaired) electrons. The van der Waals surface area contributed by atoms with Gasteiger partial charge in [-0.05, 0) is 30.9 Å². The molecule has 5 heteroatoms. The average molecular weight is 309 g/mol. The number of nitrogens with one attached hydrogen (secondary N) is 1.